The van der Waals surface area contributed by atoms with Crippen LogP contribution in [0, 0.1) is 0 Å². The molecule has 0 aliphatic carbocycles. The van der Waals surface area contributed by atoms with E-state index in [9.17, 15) is 0 Å². The summed E-state index contributed by atoms with van der Waals surface area (Å²) in [7, 11) is 0. The molecule has 0 amide bonds. The van der Waals surface area contributed by atoms with Crippen LogP contribution in [-0.2, 0) is 0 Å². The molecule has 0 aliphatic heterocycles. The van der Waals surface area contributed by atoms with E-state index >= 15 is 0 Å². The van der Waals surface area contributed by atoms with Crippen LogP contribution in [0.2, 0.25) is 0 Å². The Kier molecular flexibility index (Phi) is 6.59. The summed E-state index contributed by atoms with van der Waals surface area (Å²) in [5.74, 6) is 1.72. The molecule has 0 radical (unpaired) electrons. The van der Waals surface area contributed by atoms with Crippen molar-refractivity contribution in [2.75, 3.05) is 0 Å². The van der Waals surface area contributed by atoms with Gasteiger partial charge in [0.1, 0.15) is 11.6 Å². The van der Waals surface area contributed by atoms with Crippen molar-refractivity contribution in [3.63, 3.8) is 0 Å². The molecule has 210 valence electrons. The standard InChI is InChI=1S/C38H26N4S2/c43-35-17-9-7-15-29(35)37-39-31-23-25(19-21-33(31)41(37)27-11-3-1-4-12-27)26-20-22-34-32(24-26)40-38(30-16-8-10-18-36(30)44)42(34)28-13-5-2-6-14-28/h1-24,43-44H. The Morgan fingerprint density at radius 1 is 0.409 bits per heavy atom. The molecule has 0 bridgehead atoms. The van der Waals surface area contributed by atoms with E-state index < -0.39 is 0 Å². The molecule has 0 fully saturated rings. The molecule has 2 heterocycles. The Morgan fingerprint density at radius 3 is 1.20 bits per heavy atom. The van der Waals surface area contributed by atoms with Gasteiger partial charge in [0, 0.05) is 32.3 Å². The van der Waals surface area contributed by atoms with E-state index in [2.05, 4.69) is 106 Å². The summed E-state index contributed by atoms with van der Waals surface area (Å²) in [6.45, 7) is 0. The molecule has 0 aliphatic rings. The smallest absolute Gasteiger partial charge is 0.146 e. The lowest BCUT2D eigenvalue weighted by molar-refractivity contribution is 1.09. The predicted molar refractivity (Wildman–Crippen MR) is 187 cm³/mol. The summed E-state index contributed by atoms with van der Waals surface area (Å²) in [4.78, 5) is 12.1. The molecule has 0 N–H and O–H groups in total. The average molecular weight is 603 g/mol. The normalized spacial score (nSPS) is 11.4. The van der Waals surface area contributed by atoms with Gasteiger partial charge < -0.3 is 0 Å². The van der Waals surface area contributed by atoms with E-state index in [1.807, 2.05) is 48.5 Å². The number of rotatable bonds is 5. The van der Waals surface area contributed by atoms with E-state index in [1.54, 1.807) is 0 Å². The number of imidazole rings is 2. The molecule has 2 aromatic heterocycles. The number of hydrogen-bond donors (Lipinski definition) is 2. The van der Waals surface area contributed by atoms with Crippen LogP contribution < -0.4 is 0 Å². The van der Waals surface area contributed by atoms with E-state index in [0.29, 0.717) is 0 Å². The third-order valence-corrected chi connectivity index (χ3v) is 8.74. The molecular formula is C38H26N4S2. The van der Waals surface area contributed by atoms with Crippen molar-refractivity contribution >= 4 is 47.3 Å². The maximum Gasteiger partial charge on any atom is 0.146 e. The highest BCUT2D eigenvalue weighted by Crippen LogP contribution is 2.36. The van der Waals surface area contributed by atoms with Gasteiger partial charge in [-0.3, -0.25) is 9.13 Å². The van der Waals surface area contributed by atoms with Crippen LogP contribution in [0.3, 0.4) is 0 Å². The lowest BCUT2D eigenvalue weighted by Gasteiger charge is -2.11. The first kappa shape index (κ1) is 26.6. The lowest BCUT2D eigenvalue weighted by Crippen LogP contribution is -1.98. The van der Waals surface area contributed by atoms with Gasteiger partial charge in [-0.15, -0.1) is 25.3 Å². The molecule has 0 saturated carbocycles. The zero-order valence-electron chi connectivity index (χ0n) is 23.5. The third kappa shape index (κ3) is 4.51. The van der Waals surface area contributed by atoms with E-state index in [1.165, 1.54) is 0 Å². The van der Waals surface area contributed by atoms with Gasteiger partial charge in [0.05, 0.1) is 22.1 Å². The first-order valence-corrected chi connectivity index (χ1v) is 15.3. The van der Waals surface area contributed by atoms with Crippen LogP contribution in [0.15, 0.2) is 155 Å². The zero-order chi connectivity index (χ0) is 29.6. The molecule has 0 saturated heterocycles. The SMILES string of the molecule is Sc1ccccc1-c1nc2cc(-c3ccc4c(c3)nc(-c3ccccc3S)n4-c3ccccc3)ccc2n1-c1ccccc1. The largest absolute Gasteiger partial charge is 0.292 e. The number of thiol groups is 2. The topological polar surface area (TPSA) is 35.6 Å². The number of nitrogens with zero attached hydrogens (tertiary/aromatic N) is 4. The highest BCUT2D eigenvalue weighted by molar-refractivity contribution is 7.80. The molecule has 0 unspecified atom stereocenters. The maximum atomic E-state index is 5.16. The summed E-state index contributed by atoms with van der Waals surface area (Å²) in [6, 6.07) is 49.9. The lowest BCUT2D eigenvalue weighted by atomic mass is 10.0. The van der Waals surface area contributed by atoms with Crippen LogP contribution in [0.5, 0.6) is 0 Å². The van der Waals surface area contributed by atoms with Crippen molar-refractivity contribution in [3.8, 4) is 45.3 Å². The summed E-state index contributed by atoms with van der Waals surface area (Å²) >= 11 is 9.53. The first-order chi connectivity index (χ1) is 21.7. The van der Waals surface area contributed by atoms with Crippen molar-refractivity contribution in [3.05, 3.63) is 146 Å². The second kappa shape index (κ2) is 10.9. The van der Waals surface area contributed by atoms with E-state index in [4.69, 9.17) is 35.2 Å². The fourth-order valence-corrected chi connectivity index (χ4v) is 6.40. The molecule has 6 aromatic carbocycles. The van der Waals surface area contributed by atoms with E-state index in [0.717, 1.165) is 77.1 Å². The molecule has 0 atom stereocenters. The Morgan fingerprint density at radius 2 is 0.795 bits per heavy atom. The highest BCUT2D eigenvalue weighted by atomic mass is 32.1. The fourth-order valence-electron chi connectivity index (χ4n) is 5.88. The summed E-state index contributed by atoms with van der Waals surface area (Å²) in [5, 5.41) is 0. The minimum Gasteiger partial charge on any atom is -0.292 e. The number of aromatic nitrogens is 4. The average Bonchev–Trinajstić information content (AvgIpc) is 3.64. The monoisotopic (exact) mass is 602 g/mol. The van der Waals surface area contributed by atoms with Gasteiger partial charge in [0.25, 0.3) is 0 Å². The van der Waals surface area contributed by atoms with Gasteiger partial charge in [-0.2, -0.15) is 0 Å². The third-order valence-electron chi connectivity index (χ3n) is 7.96. The first-order valence-electron chi connectivity index (χ1n) is 14.4. The van der Waals surface area contributed by atoms with Crippen LogP contribution in [-0.4, -0.2) is 19.1 Å². The van der Waals surface area contributed by atoms with Crippen LogP contribution in [0.25, 0.3) is 67.3 Å². The predicted octanol–water partition coefficient (Wildman–Crippen LogP) is 9.94. The quantitative estimate of drug-likeness (QED) is 0.192. The number of para-hydroxylation sites is 2. The molecular weight excluding hydrogens is 577 g/mol. The Labute approximate surface area is 266 Å². The number of hydrogen-bond acceptors (Lipinski definition) is 4. The summed E-state index contributed by atoms with van der Waals surface area (Å²) in [5.41, 5.74) is 10.1. The van der Waals surface area contributed by atoms with Crippen molar-refractivity contribution in [2.24, 2.45) is 0 Å². The Bertz CT molecular complexity index is 2140. The summed E-state index contributed by atoms with van der Waals surface area (Å²) < 4.78 is 4.42. The molecule has 4 nitrogen and oxygen atoms in total. The van der Waals surface area contributed by atoms with Gasteiger partial charge in [0.2, 0.25) is 0 Å². The molecule has 6 heteroatoms. The Hall–Kier alpha value is -5.04. The molecule has 44 heavy (non-hydrogen) atoms. The van der Waals surface area contributed by atoms with Gasteiger partial charge in [-0.1, -0.05) is 84.9 Å². The molecule has 0 spiro atoms. The maximum absolute atomic E-state index is 5.16. The minimum absolute atomic E-state index is 0.862. The van der Waals surface area contributed by atoms with Gasteiger partial charge >= 0.3 is 0 Å². The number of benzene rings is 6. The summed E-state index contributed by atoms with van der Waals surface area (Å²) in [6.07, 6.45) is 0. The van der Waals surface area contributed by atoms with Crippen LogP contribution in [0.4, 0.5) is 0 Å². The minimum atomic E-state index is 0.862. The van der Waals surface area contributed by atoms with Gasteiger partial charge in [0.15, 0.2) is 0 Å². The fraction of sp³-hybridized carbons (Fsp3) is 0. The van der Waals surface area contributed by atoms with E-state index in [-0.39, 0.29) is 0 Å². The number of fused-ring (bicyclic) bond motifs is 2. The van der Waals surface area contributed by atoms with Crippen molar-refractivity contribution < 1.29 is 0 Å². The van der Waals surface area contributed by atoms with Crippen LogP contribution >= 0.6 is 25.3 Å². The zero-order valence-corrected chi connectivity index (χ0v) is 25.3. The van der Waals surface area contributed by atoms with Gasteiger partial charge in [-0.05, 0) is 71.8 Å². The van der Waals surface area contributed by atoms with Crippen molar-refractivity contribution in [2.45, 2.75) is 9.79 Å². The molecule has 8 rings (SSSR count). The van der Waals surface area contributed by atoms with Crippen molar-refractivity contribution in [1.82, 2.24) is 19.1 Å². The van der Waals surface area contributed by atoms with Crippen molar-refractivity contribution in [1.29, 1.82) is 0 Å². The van der Waals surface area contributed by atoms with Crippen LogP contribution in [0.1, 0.15) is 0 Å². The molecule has 8 aromatic rings. The second-order valence-corrected chi connectivity index (χ2v) is 11.6. The second-order valence-electron chi connectivity index (χ2n) is 10.7. The van der Waals surface area contributed by atoms with Gasteiger partial charge in [-0.25, -0.2) is 9.97 Å². The highest BCUT2D eigenvalue weighted by Gasteiger charge is 2.19. The Balaban J connectivity index is 1.30.